The highest BCUT2D eigenvalue weighted by Gasteiger charge is 2.26. The van der Waals surface area contributed by atoms with Crippen LogP contribution in [0.25, 0.3) is 11.4 Å². The van der Waals surface area contributed by atoms with Crippen LogP contribution in [0, 0.1) is 0 Å². The summed E-state index contributed by atoms with van der Waals surface area (Å²) < 4.78 is 1.75. The summed E-state index contributed by atoms with van der Waals surface area (Å²) in [5, 5.41) is 7.72. The zero-order valence-electron chi connectivity index (χ0n) is 11.0. The SMILES string of the molecule is Cn1nc(-c2ccccn2)c2c1NC(C(N)=O)CSC2. The predicted octanol–water partition coefficient (Wildman–Crippen LogP) is 0.995. The van der Waals surface area contributed by atoms with Gasteiger partial charge in [0, 0.05) is 30.3 Å². The molecule has 0 aromatic carbocycles. The fourth-order valence-corrected chi connectivity index (χ4v) is 3.31. The zero-order valence-corrected chi connectivity index (χ0v) is 11.9. The molecule has 1 aliphatic rings. The molecule has 2 aromatic rings. The first-order valence-corrected chi connectivity index (χ1v) is 7.43. The van der Waals surface area contributed by atoms with Crippen molar-refractivity contribution in [3.05, 3.63) is 30.0 Å². The van der Waals surface area contributed by atoms with Gasteiger partial charge in [-0.1, -0.05) is 6.07 Å². The number of hydrogen-bond acceptors (Lipinski definition) is 5. The average Bonchev–Trinajstić information content (AvgIpc) is 2.65. The van der Waals surface area contributed by atoms with Crippen molar-refractivity contribution in [2.45, 2.75) is 11.8 Å². The summed E-state index contributed by atoms with van der Waals surface area (Å²) in [6, 6.07) is 5.38. The third kappa shape index (κ3) is 2.24. The van der Waals surface area contributed by atoms with Crippen LogP contribution >= 0.6 is 11.8 Å². The molecule has 20 heavy (non-hydrogen) atoms. The molecule has 0 spiro atoms. The highest BCUT2D eigenvalue weighted by atomic mass is 32.2. The van der Waals surface area contributed by atoms with Gasteiger partial charge in [0.1, 0.15) is 17.6 Å². The van der Waals surface area contributed by atoms with E-state index >= 15 is 0 Å². The Bertz CT molecular complexity index is 640. The van der Waals surface area contributed by atoms with Crippen LogP contribution in [-0.2, 0) is 17.6 Å². The fraction of sp³-hybridized carbons (Fsp3) is 0.308. The molecule has 0 saturated heterocycles. The van der Waals surface area contributed by atoms with Crippen molar-refractivity contribution in [3.63, 3.8) is 0 Å². The minimum atomic E-state index is -0.367. The van der Waals surface area contributed by atoms with Crippen LogP contribution in [0.4, 0.5) is 5.82 Å². The second-order valence-corrected chi connectivity index (χ2v) is 5.66. The number of amides is 1. The molecule has 7 heteroatoms. The van der Waals surface area contributed by atoms with Crippen molar-refractivity contribution < 1.29 is 4.79 Å². The van der Waals surface area contributed by atoms with E-state index < -0.39 is 0 Å². The van der Waals surface area contributed by atoms with Crippen LogP contribution in [-0.4, -0.2) is 32.5 Å². The molecule has 2 aromatic heterocycles. The molecule has 104 valence electrons. The molecule has 3 heterocycles. The van der Waals surface area contributed by atoms with Gasteiger partial charge in [-0.15, -0.1) is 0 Å². The summed E-state index contributed by atoms with van der Waals surface area (Å²) in [4.78, 5) is 15.8. The number of primary amides is 1. The number of aryl methyl sites for hydroxylation is 1. The van der Waals surface area contributed by atoms with Crippen molar-refractivity contribution in [3.8, 4) is 11.4 Å². The van der Waals surface area contributed by atoms with Gasteiger partial charge < -0.3 is 11.1 Å². The van der Waals surface area contributed by atoms with Crippen molar-refractivity contribution in [2.75, 3.05) is 11.1 Å². The number of hydrogen-bond donors (Lipinski definition) is 2. The fourth-order valence-electron chi connectivity index (χ4n) is 2.23. The van der Waals surface area contributed by atoms with Crippen LogP contribution in [0.15, 0.2) is 24.4 Å². The van der Waals surface area contributed by atoms with Gasteiger partial charge in [0.15, 0.2) is 0 Å². The van der Waals surface area contributed by atoms with Gasteiger partial charge in [-0.25, -0.2) is 0 Å². The molecule has 0 fully saturated rings. The number of aromatic nitrogens is 3. The summed E-state index contributed by atoms with van der Waals surface area (Å²) in [6.45, 7) is 0. The summed E-state index contributed by atoms with van der Waals surface area (Å²) in [5.74, 6) is 1.95. The van der Waals surface area contributed by atoms with E-state index in [4.69, 9.17) is 5.73 Å². The van der Waals surface area contributed by atoms with E-state index in [-0.39, 0.29) is 11.9 Å². The predicted molar refractivity (Wildman–Crippen MR) is 79.2 cm³/mol. The number of nitrogens with two attached hydrogens (primary N) is 1. The van der Waals surface area contributed by atoms with Crippen LogP contribution in [0.5, 0.6) is 0 Å². The third-order valence-corrected chi connectivity index (χ3v) is 4.30. The molecule has 1 atom stereocenters. The first-order valence-electron chi connectivity index (χ1n) is 6.27. The van der Waals surface area contributed by atoms with Crippen molar-refractivity contribution in [1.29, 1.82) is 0 Å². The Kier molecular flexibility index (Phi) is 3.35. The summed E-state index contributed by atoms with van der Waals surface area (Å²) in [6.07, 6.45) is 1.75. The molecule has 0 bridgehead atoms. The van der Waals surface area contributed by atoms with Gasteiger partial charge >= 0.3 is 0 Å². The van der Waals surface area contributed by atoms with Crippen molar-refractivity contribution in [2.24, 2.45) is 12.8 Å². The molecular formula is C13H15N5OS. The number of pyridine rings is 1. The smallest absolute Gasteiger partial charge is 0.240 e. The third-order valence-electron chi connectivity index (χ3n) is 3.24. The van der Waals surface area contributed by atoms with Gasteiger partial charge in [-0.05, 0) is 12.1 Å². The Balaban J connectivity index is 2.05. The number of rotatable bonds is 2. The molecule has 3 rings (SSSR count). The van der Waals surface area contributed by atoms with E-state index in [0.717, 1.165) is 28.5 Å². The topological polar surface area (TPSA) is 85.8 Å². The molecule has 3 N–H and O–H groups in total. The van der Waals surface area contributed by atoms with E-state index in [9.17, 15) is 4.79 Å². The number of nitrogens with zero attached hydrogens (tertiary/aromatic N) is 3. The molecule has 6 nitrogen and oxygen atoms in total. The number of anilines is 1. The number of thioether (sulfide) groups is 1. The maximum absolute atomic E-state index is 11.4. The maximum atomic E-state index is 11.4. The van der Waals surface area contributed by atoms with Gasteiger partial charge in [0.2, 0.25) is 5.91 Å². The van der Waals surface area contributed by atoms with Gasteiger partial charge in [-0.2, -0.15) is 16.9 Å². The lowest BCUT2D eigenvalue weighted by Gasteiger charge is -2.13. The Labute approximate surface area is 120 Å². The number of carbonyl (C=O) groups is 1. The second kappa shape index (κ2) is 5.16. The van der Waals surface area contributed by atoms with Gasteiger partial charge in [0.25, 0.3) is 0 Å². The van der Waals surface area contributed by atoms with E-state index in [1.807, 2.05) is 25.2 Å². The second-order valence-electron chi connectivity index (χ2n) is 4.63. The summed E-state index contributed by atoms with van der Waals surface area (Å²) in [5.41, 5.74) is 8.17. The number of fused-ring (bicyclic) bond motifs is 1. The summed E-state index contributed by atoms with van der Waals surface area (Å²) in [7, 11) is 1.85. The molecule has 1 unspecified atom stereocenters. The minimum Gasteiger partial charge on any atom is -0.368 e. The average molecular weight is 289 g/mol. The quantitative estimate of drug-likeness (QED) is 0.861. The van der Waals surface area contributed by atoms with Crippen molar-refractivity contribution >= 4 is 23.5 Å². The molecule has 1 aliphatic heterocycles. The highest BCUT2D eigenvalue weighted by Crippen LogP contribution is 2.33. The first kappa shape index (κ1) is 13.0. The van der Waals surface area contributed by atoms with E-state index in [2.05, 4.69) is 15.4 Å². The normalized spacial score (nSPS) is 17.9. The van der Waals surface area contributed by atoms with Crippen LogP contribution in [0.1, 0.15) is 5.56 Å². The molecule has 1 amide bonds. The largest absolute Gasteiger partial charge is 0.368 e. The highest BCUT2D eigenvalue weighted by molar-refractivity contribution is 7.98. The summed E-state index contributed by atoms with van der Waals surface area (Å²) >= 11 is 1.67. The lowest BCUT2D eigenvalue weighted by Crippen LogP contribution is -2.37. The molecule has 0 radical (unpaired) electrons. The Morgan fingerprint density at radius 2 is 2.40 bits per heavy atom. The van der Waals surface area contributed by atoms with Crippen LogP contribution in [0.3, 0.4) is 0 Å². The number of nitrogens with one attached hydrogen (secondary N) is 1. The standard InChI is InChI=1S/C13H15N5OS/c1-18-13-8(6-20-7-10(16-13)12(14)19)11(17-18)9-4-2-3-5-15-9/h2-5,10,16H,6-7H2,1H3,(H2,14,19). The number of carbonyl (C=O) groups excluding carboxylic acids is 1. The molecular weight excluding hydrogens is 274 g/mol. The van der Waals surface area contributed by atoms with Gasteiger partial charge in [-0.3, -0.25) is 14.5 Å². The van der Waals surface area contributed by atoms with E-state index in [1.54, 1.807) is 22.6 Å². The minimum absolute atomic E-state index is 0.342. The Hall–Kier alpha value is -2.02. The van der Waals surface area contributed by atoms with Gasteiger partial charge in [0.05, 0.1) is 5.69 Å². The first-order chi connectivity index (χ1) is 9.66. The molecule has 0 aliphatic carbocycles. The Morgan fingerprint density at radius 3 is 3.10 bits per heavy atom. The maximum Gasteiger partial charge on any atom is 0.240 e. The Morgan fingerprint density at radius 1 is 1.55 bits per heavy atom. The zero-order chi connectivity index (χ0) is 14.1. The monoisotopic (exact) mass is 289 g/mol. The van der Waals surface area contributed by atoms with Crippen LogP contribution < -0.4 is 11.1 Å². The van der Waals surface area contributed by atoms with Crippen molar-refractivity contribution in [1.82, 2.24) is 14.8 Å². The van der Waals surface area contributed by atoms with E-state index in [1.165, 1.54) is 0 Å². The van der Waals surface area contributed by atoms with E-state index in [0.29, 0.717) is 5.75 Å². The van der Waals surface area contributed by atoms with Crippen LogP contribution in [0.2, 0.25) is 0 Å². The lowest BCUT2D eigenvalue weighted by molar-refractivity contribution is -0.118. The molecule has 0 saturated carbocycles. The lowest BCUT2D eigenvalue weighted by atomic mass is 10.2.